The second kappa shape index (κ2) is 10.9. The summed E-state index contributed by atoms with van der Waals surface area (Å²) in [6, 6.07) is 14.7. The molecule has 1 unspecified atom stereocenters. The molecular formula is C23H31N3O4S. The van der Waals surface area contributed by atoms with Crippen molar-refractivity contribution < 1.29 is 18.4 Å². The normalized spacial score (nSPS) is 16.2. The fraction of sp³-hybridized carbons (Fsp3) is 0.435. The first kappa shape index (κ1) is 23.4. The van der Waals surface area contributed by atoms with Gasteiger partial charge in [-0.05, 0) is 57.0 Å². The van der Waals surface area contributed by atoms with Crippen molar-refractivity contribution >= 4 is 15.9 Å². The number of amides is 1. The first-order valence-electron chi connectivity index (χ1n) is 10.7. The smallest absolute Gasteiger partial charge is 0.261 e. The SMILES string of the molecule is Cc1ccc(S(=O)(=O)N(Cc2ccccc2)C(CCN2CCCCC2)C(=O)NO)cc1. The van der Waals surface area contributed by atoms with E-state index < -0.39 is 22.0 Å². The fourth-order valence-electron chi connectivity index (χ4n) is 3.94. The molecule has 0 bridgehead atoms. The number of hydrogen-bond donors (Lipinski definition) is 2. The Morgan fingerprint density at radius 2 is 1.71 bits per heavy atom. The van der Waals surface area contributed by atoms with Crippen LogP contribution < -0.4 is 5.48 Å². The number of aryl methyl sites for hydroxylation is 1. The third-order valence-electron chi connectivity index (χ3n) is 5.74. The molecule has 1 heterocycles. The summed E-state index contributed by atoms with van der Waals surface area (Å²) in [6.07, 6.45) is 3.70. The first-order chi connectivity index (χ1) is 14.9. The third kappa shape index (κ3) is 6.13. The lowest BCUT2D eigenvalue weighted by Crippen LogP contribution is -2.50. The molecule has 168 valence electrons. The van der Waals surface area contributed by atoms with E-state index in [2.05, 4.69) is 4.90 Å². The van der Waals surface area contributed by atoms with Gasteiger partial charge in [0.25, 0.3) is 5.91 Å². The summed E-state index contributed by atoms with van der Waals surface area (Å²) in [5.41, 5.74) is 3.41. The molecule has 7 nitrogen and oxygen atoms in total. The number of benzene rings is 2. The van der Waals surface area contributed by atoms with Crippen molar-refractivity contribution in [3.8, 4) is 0 Å². The highest BCUT2D eigenvalue weighted by Crippen LogP contribution is 2.24. The number of carbonyl (C=O) groups excluding carboxylic acids is 1. The van der Waals surface area contributed by atoms with Crippen molar-refractivity contribution in [3.05, 3.63) is 65.7 Å². The molecule has 1 atom stereocenters. The van der Waals surface area contributed by atoms with Gasteiger partial charge in [0.2, 0.25) is 10.0 Å². The quantitative estimate of drug-likeness (QED) is 0.458. The van der Waals surface area contributed by atoms with Gasteiger partial charge in [0.15, 0.2) is 0 Å². The summed E-state index contributed by atoms with van der Waals surface area (Å²) >= 11 is 0. The highest BCUT2D eigenvalue weighted by atomic mass is 32.2. The van der Waals surface area contributed by atoms with Crippen molar-refractivity contribution in [2.45, 2.75) is 50.1 Å². The van der Waals surface area contributed by atoms with Crippen LogP contribution in [0.3, 0.4) is 0 Å². The van der Waals surface area contributed by atoms with Crippen LogP contribution in [-0.2, 0) is 21.4 Å². The van der Waals surface area contributed by atoms with Gasteiger partial charge in [-0.3, -0.25) is 10.0 Å². The van der Waals surface area contributed by atoms with E-state index in [1.807, 2.05) is 37.3 Å². The topological polar surface area (TPSA) is 90.0 Å². The minimum Gasteiger partial charge on any atom is -0.303 e. The second-order valence-corrected chi connectivity index (χ2v) is 9.92. The summed E-state index contributed by atoms with van der Waals surface area (Å²) < 4.78 is 28.4. The Balaban J connectivity index is 1.94. The zero-order valence-corrected chi connectivity index (χ0v) is 18.7. The van der Waals surface area contributed by atoms with E-state index in [9.17, 15) is 18.4 Å². The van der Waals surface area contributed by atoms with Gasteiger partial charge in [-0.15, -0.1) is 0 Å². The predicted molar refractivity (Wildman–Crippen MR) is 119 cm³/mol. The number of rotatable bonds is 9. The first-order valence-corrected chi connectivity index (χ1v) is 12.1. The lowest BCUT2D eigenvalue weighted by molar-refractivity contribution is -0.133. The molecule has 1 aliphatic heterocycles. The second-order valence-electron chi connectivity index (χ2n) is 8.03. The Kier molecular flexibility index (Phi) is 8.20. The molecule has 1 aliphatic rings. The van der Waals surface area contributed by atoms with Crippen LogP contribution in [0.15, 0.2) is 59.5 Å². The third-order valence-corrected chi connectivity index (χ3v) is 7.61. The Bertz CT molecular complexity index is 943. The molecule has 0 aliphatic carbocycles. The molecule has 2 N–H and O–H groups in total. The van der Waals surface area contributed by atoms with Crippen LogP contribution in [0.4, 0.5) is 0 Å². The van der Waals surface area contributed by atoms with Gasteiger partial charge in [0, 0.05) is 13.1 Å². The standard InChI is InChI=1S/C23H31N3O4S/c1-19-10-12-21(13-11-19)31(29,30)26(18-20-8-4-2-5-9-20)22(23(27)24-28)14-17-25-15-6-3-7-16-25/h2,4-5,8-13,22,28H,3,6-7,14-18H2,1H3,(H,24,27). The average Bonchev–Trinajstić information content (AvgIpc) is 2.79. The highest BCUT2D eigenvalue weighted by molar-refractivity contribution is 7.89. The minimum absolute atomic E-state index is 0.0368. The van der Waals surface area contributed by atoms with Gasteiger partial charge in [-0.1, -0.05) is 54.4 Å². The summed E-state index contributed by atoms with van der Waals surface area (Å²) in [5, 5.41) is 9.40. The van der Waals surface area contributed by atoms with Crippen molar-refractivity contribution in [2.75, 3.05) is 19.6 Å². The Labute approximate surface area is 184 Å². The molecule has 1 fully saturated rings. The van der Waals surface area contributed by atoms with E-state index in [0.717, 1.165) is 37.1 Å². The van der Waals surface area contributed by atoms with E-state index in [1.54, 1.807) is 29.7 Å². The molecule has 8 heteroatoms. The van der Waals surface area contributed by atoms with Crippen LogP contribution >= 0.6 is 0 Å². The summed E-state index contributed by atoms with van der Waals surface area (Å²) in [6.45, 7) is 4.40. The van der Waals surface area contributed by atoms with Crippen LogP contribution in [0.25, 0.3) is 0 Å². The number of hydrogen-bond acceptors (Lipinski definition) is 5. The molecule has 0 saturated carbocycles. The molecule has 1 amide bonds. The Morgan fingerprint density at radius 3 is 2.32 bits per heavy atom. The summed E-state index contributed by atoms with van der Waals surface area (Å²) in [7, 11) is -3.98. The van der Waals surface area contributed by atoms with E-state index >= 15 is 0 Å². The average molecular weight is 446 g/mol. The van der Waals surface area contributed by atoms with E-state index in [4.69, 9.17) is 0 Å². The number of piperidine rings is 1. The zero-order valence-electron chi connectivity index (χ0n) is 17.9. The number of hydroxylamine groups is 1. The predicted octanol–water partition coefficient (Wildman–Crippen LogP) is 2.94. The van der Waals surface area contributed by atoms with Crippen molar-refractivity contribution in [2.24, 2.45) is 0 Å². The van der Waals surface area contributed by atoms with E-state index in [-0.39, 0.29) is 11.4 Å². The number of likely N-dealkylation sites (tertiary alicyclic amines) is 1. The molecule has 1 saturated heterocycles. The molecule has 2 aromatic carbocycles. The highest BCUT2D eigenvalue weighted by Gasteiger charge is 2.36. The molecule has 2 aromatic rings. The monoisotopic (exact) mass is 445 g/mol. The van der Waals surface area contributed by atoms with E-state index in [1.165, 1.54) is 10.7 Å². The summed E-state index contributed by atoms with van der Waals surface area (Å²) in [5.74, 6) is -0.719. The number of nitrogens with zero attached hydrogens (tertiary/aromatic N) is 2. The van der Waals surface area contributed by atoms with Crippen molar-refractivity contribution in [1.29, 1.82) is 0 Å². The van der Waals surface area contributed by atoms with Gasteiger partial charge in [0.1, 0.15) is 6.04 Å². The maximum absolute atomic E-state index is 13.6. The van der Waals surface area contributed by atoms with Crippen LogP contribution in [0.2, 0.25) is 0 Å². The number of sulfonamides is 1. The maximum Gasteiger partial charge on any atom is 0.261 e. The van der Waals surface area contributed by atoms with E-state index in [0.29, 0.717) is 13.0 Å². The van der Waals surface area contributed by atoms with Crippen LogP contribution in [0.5, 0.6) is 0 Å². The van der Waals surface area contributed by atoms with Gasteiger partial charge < -0.3 is 4.90 Å². The zero-order chi connectivity index (χ0) is 22.3. The molecule has 31 heavy (non-hydrogen) atoms. The molecule has 3 rings (SSSR count). The van der Waals surface area contributed by atoms with Gasteiger partial charge in [0.05, 0.1) is 4.90 Å². The lowest BCUT2D eigenvalue weighted by atomic mass is 10.1. The molecule has 0 spiro atoms. The lowest BCUT2D eigenvalue weighted by Gasteiger charge is -2.32. The Morgan fingerprint density at radius 1 is 1.06 bits per heavy atom. The van der Waals surface area contributed by atoms with Crippen LogP contribution in [-0.4, -0.2) is 54.4 Å². The largest absolute Gasteiger partial charge is 0.303 e. The minimum atomic E-state index is -3.98. The molecule has 0 radical (unpaired) electrons. The molecule has 0 aromatic heterocycles. The van der Waals surface area contributed by atoms with Crippen molar-refractivity contribution in [3.63, 3.8) is 0 Å². The van der Waals surface area contributed by atoms with Gasteiger partial charge in [-0.2, -0.15) is 4.31 Å². The Hall–Kier alpha value is -2.26. The van der Waals surface area contributed by atoms with Gasteiger partial charge >= 0.3 is 0 Å². The maximum atomic E-state index is 13.6. The number of nitrogens with one attached hydrogen (secondary N) is 1. The van der Waals surface area contributed by atoms with Crippen molar-refractivity contribution in [1.82, 2.24) is 14.7 Å². The van der Waals surface area contributed by atoms with Crippen LogP contribution in [0, 0.1) is 6.92 Å². The number of carbonyl (C=O) groups is 1. The van der Waals surface area contributed by atoms with Gasteiger partial charge in [-0.25, -0.2) is 13.9 Å². The summed E-state index contributed by atoms with van der Waals surface area (Å²) in [4.78, 5) is 15.0. The fourth-order valence-corrected chi connectivity index (χ4v) is 5.55. The molecular weight excluding hydrogens is 414 g/mol. The van der Waals surface area contributed by atoms with Crippen LogP contribution in [0.1, 0.15) is 36.8 Å².